The van der Waals surface area contributed by atoms with Gasteiger partial charge in [0.05, 0.1) is 12.5 Å². The summed E-state index contributed by atoms with van der Waals surface area (Å²) in [5.41, 5.74) is 0. The van der Waals surface area contributed by atoms with Gasteiger partial charge < -0.3 is 9.84 Å². The predicted molar refractivity (Wildman–Crippen MR) is 51.2 cm³/mol. The van der Waals surface area contributed by atoms with E-state index in [4.69, 9.17) is 9.84 Å². The third kappa shape index (κ3) is 2.05. The minimum absolute atomic E-state index is 0.182. The average Bonchev–Trinajstić information content (AvgIpc) is 2.96. The van der Waals surface area contributed by atoms with Crippen molar-refractivity contribution in [3.63, 3.8) is 0 Å². The molecular formula is C11H12O3. The zero-order valence-electron chi connectivity index (χ0n) is 7.72. The smallest absolute Gasteiger partial charge is 0.306 e. The number of ether oxygens (including phenoxy) is 1. The van der Waals surface area contributed by atoms with E-state index in [0.717, 1.165) is 12.2 Å². The average molecular weight is 192 g/mol. The van der Waals surface area contributed by atoms with Gasteiger partial charge in [-0.1, -0.05) is 18.2 Å². The summed E-state index contributed by atoms with van der Waals surface area (Å²) in [6.45, 7) is 0.515. The summed E-state index contributed by atoms with van der Waals surface area (Å²) < 4.78 is 5.45. The molecule has 0 saturated heterocycles. The Morgan fingerprint density at radius 2 is 2.14 bits per heavy atom. The molecule has 0 aliphatic heterocycles. The molecule has 2 atom stereocenters. The second kappa shape index (κ2) is 3.70. The topological polar surface area (TPSA) is 46.5 Å². The van der Waals surface area contributed by atoms with Crippen LogP contribution >= 0.6 is 0 Å². The summed E-state index contributed by atoms with van der Waals surface area (Å²) in [6, 6.07) is 9.47. The van der Waals surface area contributed by atoms with Crippen molar-refractivity contribution in [1.82, 2.24) is 0 Å². The number of carbonyl (C=O) groups is 1. The van der Waals surface area contributed by atoms with Crippen molar-refractivity contribution in [1.29, 1.82) is 0 Å². The lowest BCUT2D eigenvalue weighted by Gasteiger charge is -2.03. The Hall–Kier alpha value is -1.51. The number of para-hydroxylation sites is 1. The molecule has 1 saturated carbocycles. The van der Waals surface area contributed by atoms with Crippen LogP contribution < -0.4 is 4.74 Å². The third-order valence-corrected chi connectivity index (χ3v) is 2.45. The van der Waals surface area contributed by atoms with Gasteiger partial charge in [0.2, 0.25) is 0 Å². The maximum absolute atomic E-state index is 10.5. The van der Waals surface area contributed by atoms with Gasteiger partial charge in [-0.15, -0.1) is 0 Å². The van der Waals surface area contributed by atoms with Gasteiger partial charge in [0.15, 0.2) is 0 Å². The van der Waals surface area contributed by atoms with Crippen LogP contribution in [0.25, 0.3) is 0 Å². The first-order valence-corrected chi connectivity index (χ1v) is 4.68. The predicted octanol–water partition coefficient (Wildman–Crippen LogP) is 1.79. The van der Waals surface area contributed by atoms with Crippen molar-refractivity contribution >= 4 is 5.97 Å². The van der Waals surface area contributed by atoms with E-state index in [0.29, 0.717) is 6.61 Å². The van der Waals surface area contributed by atoms with Crippen LogP contribution in [0.1, 0.15) is 6.42 Å². The first-order valence-electron chi connectivity index (χ1n) is 4.68. The number of carboxylic acids is 1. The van der Waals surface area contributed by atoms with Gasteiger partial charge in [-0.3, -0.25) is 4.79 Å². The first-order chi connectivity index (χ1) is 6.77. The van der Waals surface area contributed by atoms with E-state index in [1.54, 1.807) is 0 Å². The summed E-state index contributed by atoms with van der Waals surface area (Å²) in [5.74, 6) is 0.126. The van der Waals surface area contributed by atoms with E-state index < -0.39 is 5.97 Å². The molecule has 1 N–H and O–H groups in total. The van der Waals surface area contributed by atoms with Gasteiger partial charge in [-0.05, 0) is 18.6 Å². The van der Waals surface area contributed by atoms with Gasteiger partial charge in [0, 0.05) is 5.92 Å². The normalized spacial score (nSPS) is 24.3. The number of hydrogen-bond donors (Lipinski definition) is 1. The molecule has 1 aliphatic carbocycles. The summed E-state index contributed by atoms with van der Waals surface area (Å²) >= 11 is 0. The monoisotopic (exact) mass is 192 g/mol. The third-order valence-electron chi connectivity index (χ3n) is 2.45. The van der Waals surface area contributed by atoms with Crippen LogP contribution in [0.15, 0.2) is 30.3 Å². The van der Waals surface area contributed by atoms with Gasteiger partial charge in [-0.25, -0.2) is 0 Å². The van der Waals surface area contributed by atoms with Crippen LogP contribution in [-0.2, 0) is 4.79 Å². The lowest BCUT2D eigenvalue weighted by molar-refractivity contribution is -0.138. The van der Waals surface area contributed by atoms with E-state index in [1.165, 1.54) is 0 Å². The molecule has 1 fully saturated rings. The first kappa shape index (κ1) is 9.06. The van der Waals surface area contributed by atoms with Gasteiger partial charge >= 0.3 is 5.97 Å². The van der Waals surface area contributed by atoms with E-state index in [1.807, 2.05) is 30.3 Å². The lowest BCUT2D eigenvalue weighted by atomic mass is 10.3. The molecule has 0 unspecified atom stereocenters. The molecule has 0 aromatic heterocycles. The van der Waals surface area contributed by atoms with Crippen LogP contribution in [-0.4, -0.2) is 17.7 Å². The lowest BCUT2D eigenvalue weighted by Crippen LogP contribution is -2.06. The minimum atomic E-state index is -0.702. The van der Waals surface area contributed by atoms with E-state index in [9.17, 15) is 4.79 Å². The molecule has 1 aromatic rings. The Kier molecular flexibility index (Phi) is 2.39. The van der Waals surface area contributed by atoms with Crippen LogP contribution in [0.4, 0.5) is 0 Å². The van der Waals surface area contributed by atoms with E-state index in [2.05, 4.69) is 0 Å². The summed E-state index contributed by atoms with van der Waals surface area (Å²) in [7, 11) is 0. The number of hydrogen-bond acceptors (Lipinski definition) is 2. The maximum Gasteiger partial charge on any atom is 0.306 e. The molecule has 0 spiro atoms. The van der Waals surface area contributed by atoms with Crippen molar-refractivity contribution in [3.05, 3.63) is 30.3 Å². The Morgan fingerprint density at radius 3 is 2.71 bits per heavy atom. The number of carboxylic acid groups (broad SMARTS) is 1. The van der Waals surface area contributed by atoms with Crippen LogP contribution in [0.5, 0.6) is 5.75 Å². The Balaban J connectivity index is 1.77. The quantitative estimate of drug-likeness (QED) is 0.791. The van der Waals surface area contributed by atoms with Crippen LogP contribution in [0.3, 0.4) is 0 Å². The molecule has 0 heterocycles. The minimum Gasteiger partial charge on any atom is -0.493 e. The summed E-state index contributed by atoms with van der Waals surface area (Å²) in [4.78, 5) is 10.5. The maximum atomic E-state index is 10.5. The van der Waals surface area contributed by atoms with Crippen molar-refractivity contribution in [2.45, 2.75) is 6.42 Å². The molecule has 1 aromatic carbocycles. The number of rotatable bonds is 4. The van der Waals surface area contributed by atoms with E-state index >= 15 is 0 Å². The van der Waals surface area contributed by atoms with Crippen molar-refractivity contribution < 1.29 is 14.6 Å². The summed E-state index contributed by atoms with van der Waals surface area (Å²) in [6.07, 6.45) is 0.752. The van der Waals surface area contributed by atoms with Gasteiger partial charge in [-0.2, -0.15) is 0 Å². The fourth-order valence-electron chi connectivity index (χ4n) is 1.45. The molecule has 0 radical (unpaired) electrons. The molecule has 2 rings (SSSR count). The SMILES string of the molecule is O=C(O)[C@@H]1C[C@H]1COc1ccccc1. The Morgan fingerprint density at radius 1 is 1.43 bits per heavy atom. The van der Waals surface area contributed by atoms with E-state index in [-0.39, 0.29) is 11.8 Å². The van der Waals surface area contributed by atoms with Crippen molar-refractivity contribution in [2.24, 2.45) is 11.8 Å². The molecule has 3 nitrogen and oxygen atoms in total. The highest BCUT2D eigenvalue weighted by molar-refractivity contribution is 5.73. The molecule has 74 valence electrons. The van der Waals surface area contributed by atoms with Crippen molar-refractivity contribution in [3.8, 4) is 5.75 Å². The largest absolute Gasteiger partial charge is 0.493 e. The standard InChI is InChI=1S/C11H12O3/c12-11(13)10-6-8(10)7-14-9-4-2-1-3-5-9/h1-5,8,10H,6-7H2,(H,12,13)/t8-,10+/m0/s1. The fraction of sp³-hybridized carbons (Fsp3) is 0.364. The second-order valence-corrected chi connectivity index (χ2v) is 3.56. The van der Waals surface area contributed by atoms with Gasteiger partial charge in [0.25, 0.3) is 0 Å². The summed E-state index contributed by atoms with van der Waals surface area (Å²) in [5, 5.41) is 8.67. The van der Waals surface area contributed by atoms with Crippen molar-refractivity contribution in [2.75, 3.05) is 6.61 Å². The Labute approximate surface area is 82.3 Å². The highest BCUT2D eigenvalue weighted by Gasteiger charge is 2.43. The van der Waals surface area contributed by atoms with Crippen LogP contribution in [0, 0.1) is 11.8 Å². The zero-order valence-corrected chi connectivity index (χ0v) is 7.72. The number of benzene rings is 1. The highest BCUT2D eigenvalue weighted by Crippen LogP contribution is 2.38. The molecule has 0 amide bonds. The molecule has 3 heteroatoms. The molecular weight excluding hydrogens is 180 g/mol. The second-order valence-electron chi connectivity index (χ2n) is 3.56. The molecule has 1 aliphatic rings. The van der Waals surface area contributed by atoms with Crippen LogP contribution in [0.2, 0.25) is 0 Å². The molecule has 0 bridgehead atoms. The Bertz CT molecular complexity index is 321. The van der Waals surface area contributed by atoms with Gasteiger partial charge in [0.1, 0.15) is 5.75 Å². The molecule has 14 heavy (non-hydrogen) atoms. The number of aliphatic carboxylic acids is 1. The zero-order chi connectivity index (χ0) is 9.97. The fourth-order valence-corrected chi connectivity index (χ4v) is 1.45. The highest BCUT2D eigenvalue weighted by atomic mass is 16.5.